The fourth-order valence-electron chi connectivity index (χ4n) is 1.76. The van der Waals surface area contributed by atoms with E-state index in [1.54, 1.807) is 19.9 Å². The minimum atomic E-state index is -0.748. The van der Waals surface area contributed by atoms with E-state index in [0.717, 1.165) is 0 Å². The number of pyridine rings is 1. The zero-order chi connectivity index (χ0) is 15.9. The van der Waals surface area contributed by atoms with Gasteiger partial charge in [-0.2, -0.15) is 0 Å². The second kappa shape index (κ2) is 7.41. The highest BCUT2D eigenvalue weighted by atomic mass is 16.2. The second-order valence-electron chi connectivity index (χ2n) is 5.18. The molecule has 0 saturated heterocycles. The molecule has 0 aromatic carbocycles. The van der Waals surface area contributed by atoms with E-state index in [2.05, 4.69) is 22.1 Å². The van der Waals surface area contributed by atoms with Gasteiger partial charge in [0.2, 0.25) is 5.91 Å². The summed E-state index contributed by atoms with van der Waals surface area (Å²) in [5.74, 6) is 4.71. The van der Waals surface area contributed by atoms with Crippen molar-refractivity contribution in [3.8, 4) is 11.8 Å². The standard InChI is InChI=1S/C15H19N3O3/c1-15(2,9-13(16)20)18-14(21)12-6-7-17-10-11(12)5-3-4-8-19/h6-7,10,19H,4,8-9H2,1-2H3,(H2,16,20)(H,18,21). The van der Waals surface area contributed by atoms with Crippen LogP contribution in [-0.4, -0.2) is 34.1 Å². The largest absolute Gasteiger partial charge is 0.395 e. The van der Waals surface area contributed by atoms with E-state index >= 15 is 0 Å². The summed E-state index contributed by atoms with van der Waals surface area (Å²) in [6.45, 7) is 3.39. The molecule has 0 aliphatic heterocycles. The average Bonchev–Trinajstić information content (AvgIpc) is 2.37. The molecule has 0 saturated carbocycles. The lowest BCUT2D eigenvalue weighted by atomic mass is 9.99. The van der Waals surface area contributed by atoms with E-state index < -0.39 is 11.4 Å². The molecule has 1 aromatic rings. The highest BCUT2D eigenvalue weighted by Crippen LogP contribution is 2.12. The van der Waals surface area contributed by atoms with E-state index in [4.69, 9.17) is 10.8 Å². The first-order valence-corrected chi connectivity index (χ1v) is 6.50. The van der Waals surface area contributed by atoms with Crippen molar-refractivity contribution < 1.29 is 14.7 Å². The average molecular weight is 289 g/mol. The zero-order valence-corrected chi connectivity index (χ0v) is 12.1. The molecule has 6 nitrogen and oxygen atoms in total. The van der Waals surface area contributed by atoms with Crippen LogP contribution < -0.4 is 11.1 Å². The van der Waals surface area contributed by atoms with E-state index in [1.165, 1.54) is 12.4 Å². The highest BCUT2D eigenvalue weighted by molar-refractivity contribution is 5.97. The topological polar surface area (TPSA) is 105 Å². The first-order chi connectivity index (χ1) is 9.85. The molecule has 0 unspecified atom stereocenters. The Kier molecular flexibility index (Phi) is 5.88. The molecule has 0 aliphatic rings. The Hall–Kier alpha value is -2.39. The second-order valence-corrected chi connectivity index (χ2v) is 5.18. The molecular formula is C15H19N3O3. The molecule has 4 N–H and O–H groups in total. The van der Waals surface area contributed by atoms with Crippen LogP contribution in [0.4, 0.5) is 0 Å². The molecule has 1 heterocycles. The molecule has 21 heavy (non-hydrogen) atoms. The molecule has 1 rings (SSSR count). The Morgan fingerprint density at radius 1 is 1.48 bits per heavy atom. The lowest BCUT2D eigenvalue weighted by Gasteiger charge is -2.24. The van der Waals surface area contributed by atoms with E-state index in [-0.39, 0.29) is 18.9 Å². The van der Waals surface area contributed by atoms with Crippen LogP contribution in [-0.2, 0) is 4.79 Å². The Bertz CT molecular complexity index is 585. The maximum Gasteiger partial charge on any atom is 0.253 e. The van der Waals surface area contributed by atoms with Crippen LogP contribution in [0.15, 0.2) is 18.5 Å². The van der Waals surface area contributed by atoms with Crippen molar-refractivity contribution in [2.75, 3.05) is 6.61 Å². The van der Waals surface area contributed by atoms with Crippen molar-refractivity contribution in [3.63, 3.8) is 0 Å². The van der Waals surface area contributed by atoms with Crippen LogP contribution in [0.3, 0.4) is 0 Å². The molecule has 0 fully saturated rings. The third-order valence-corrected chi connectivity index (χ3v) is 2.59. The number of nitrogens with zero attached hydrogens (tertiary/aromatic N) is 1. The molecule has 6 heteroatoms. The number of amides is 2. The van der Waals surface area contributed by atoms with Gasteiger partial charge in [-0.25, -0.2) is 0 Å². The van der Waals surface area contributed by atoms with Crippen molar-refractivity contribution >= 4 is 11.8 Å². The van der Waals surface area contributed by atoms with Crippen LogP contribution in [0.25, 0.3) is 0 Å². The predicted octanol–water partition coefficient (Wildman–Crippen LogP) is 0.199. The van der Waals surface area contributed by atoms with Gasteiger partial charge in [-0.3, -0.25) is 14.6 Å². The number of carbonyl (C=O) groups is 2. The van der Waals surface area contributed by atoms with Gasteiger partial charge in [-0.1, -0.05) is 11.8 Å². The minimum Gasteiger partial charge on any atom is -0.395 e. The number of hydrogen-bond donors (Lipinski definition) is 3. The van der Waals surface area contributed by atoms with Gasteiger partial charge in [-0.15, -0.1) is 0 Å². The third kappa shape index (κ3) is 5.63. The van der Waals surface area contributed by atoms with Crippen LogP contribution in [0, 0.1) is 11.8 Å². The van der Waals surface area contributed by atoms with Gasteiger partial charge in [-0.05, 0) is 19.9 Å². The van der Waals surface area contributed by atoms with Gasteiger partial charge < -0.3 is 16.2 Å². The summed E-state index contributed by atoms with van der Waals surface area (Å²) >= 11 is 0. The number of aliphatic hydroxyl groups is 1. The van der Waals surface area contributed by atoms with Crippen molar-refractivity contribution in [2.24, 2.45) is 5.73 Å². The van der Waals surface area contributed by atoms with Gasteiger partial charge in [0.15, 0.2) is 0 Å². The Labute approximate surface area is 123 Å². The number of aromatic nitrogens is 1. The first kappa shape index (κ1) is 16.7. The summed E-state index contributed by atoms with van der Waals surface area (Å²) < 4.78 is 0. The van der Waals surface area contributed by atoms with Gasteiger partial charge in [0.05, 0.1) is 17.7 Å². The molecule has 1 aromatic heterocycles. The lowest BCUT2D eigenvalue weighted by molar-refractivity contribution is -0.119. The van der Waals surface area contributed by atoms with Gasteiger partial charge in [0, 0.05) is 30.8 Å². The monoisotopic (exact) mass is 289 g/mol. The number of primary amides is 1. The number of carbonyl (C=O) groups excluding carboxylic acids is 2. The maximum atomic E-state index is 12.3. The summed E-state index contributed by atoms with van der Waals surface area (Å²) in [5, 5.41) is 11.5. The first-order valence-electron chi connectivity index (χ1n) is 6.50. The fraction of sp³-hybridized carbons (Fsp3) is 0.400. The summed E-state index contributed by atoms with van der Waals surface area (Å²) in [7, 11) is 0. The predicted molar refractivity (Wildman–Crippen MR) is 78.2 cm³/mol. The maximum absolute atomic E-state index is 12.3. The minimum absolute atomic E-state index is 0.0371. The van der Waals surface area contributed by atoms with E-state index in [0.29, 0.717) is 17.5 Å². The molecule has 2 amide bonds. The van der Waals surface area contributed by atoms with Crippen LogP contribution in [0.2, 0.25) is 0 Å². The highest BCUT2D eigenvalue weighted by Gasteiger charge is 2.24. The summed E-state index contributed by atoms with van der Waals surface area (Å²) in [4.78, 5) is 27.2. The van der Waals surface area contributed by atoms with Crippen molar-refractivity contribution in [1.29, 1.82) is 0 Å². The van der Waals surface area contributed by atoms with E-state index in [9.17, 15) is 9.59 Å². The lowest BCUT2D eigenvalue weighted by Crippen LogP contribution is -2.46. The number of hydrogen-bond acceptors (Lipinski definition) is 4. The number of nitrogens with one attached hydrogen (secondary N) is 1. The normalized spacial score (nSPS) is 10.4. The Morgan fingerprint density at radius 3 is 2.81 bits per heavy atom. The number of rotatable bonds is 5. The Balaban J connectivity index is 2.93. The van der Waals surface area contributed by atoms with Crippen LogP contribution in [0.1, 0.15) is 42.6 Å². The van der Waals surface area contributed by atoms with Crippen molar-refractivity contribution in [2.45, 2.75) is 32.2 Å². The summed E-state index contributed by atoms with van der Waals surface area (Å²) in [5.41, 5.74) is 5.25. The quantitative estimate of drug-likeness (QED) is 0.673. The number of nitrogens with two attached hydrogens (primary N) is 1. The molecular weight excluding hydrogens is 270 g/mol. The molecule has 0 radical (unpaired) electrons. The Morgan fingerprint density at radius 2 is 2.19 bits per heavy atom. The van der Waals surface area contributed by atoms with Crippen molar-refractivity contribution in [1.82, 2.24) is 10.3 Å². The summed E-state index contributed by atoms with van der Waals surface area (Å²) in [6, 6.07) is 1.55. The van der Waals surface area contributed by atoms with Crippen molar-refractivity contribution in [3.05, 3.63) is 29.6 Å². The molecule has 112 valence electrons. The molecule has 0 atom stereocenters. The zero-order valence-electron chi connectivity index (χ0n) is 12.1. The molecule has 0 bridgehead atoms. The summed E-state index contributed by atoms with van der Waals surface area (Å²) in [6.07, 6.45) is 3.34. The third-order valence-electron chi connectivity index (χ3n) is 2.59. The van der Waals surface area contributed by atoms with Gasteiger partial charge >= 0.3 is 0 Å². The molecule has 0 aliphatic carbocycles. The van der Waals surface area contributed by atoms with Crippen LogP contribution >= 0.6 is 0 Å². The number of aliphatic hydroxyl groups excluding tert-OH is 1. The van der Waals surface area contributed by atoms with Crippen LogP contribution in [0.5, 0.6) is 0 Å². The molecule has 0 spiro atoms. The van der Waals surface area contributed by atoms with E-state index in [1.807, 2.05) is 0 Å². The van der Waals surface area contributed by atoms with Gasteiger partial charge in [0.25, 0.3) is 5.91 Å². The fourth-order valence-corrected chi connectivity index (χ4v) is 1.76. The SMILES string of the molecule is CC(C)(CC(N)=O)NC(=O)c1ccncc1C#CCCO. The smallest absolute Gasteiger partial charge is 0.253 e. The van der Waals surface area contributed by atoms with Gasteiger partial charge in [0.1, 0.15) is 0 Å².